The molecule has 1 aromatic carbocycles. The van der Waals surface area contributed by atoms with Crippen LogP contribution in [-0.2, 0) is 0 Å². The zero-order chi connectivity index (χ0) is 12.1. The predicted octanol–water partition coefficient (Wildman–Crippen LogP) is 5.17. The molecule has 0 fully saturated rings. The zero-order valence-electron chi connectivity index (χ0n) is 9.97. The number of rotatable bonds is 5. The Labute approximate surface area is 111 Å². The Morgan fingerprint density at radius 2 is 2.06 bits per heavy atom. The largest absolute Gasteiger partial charge is 0.492 e. The van der Waals surface area contributed by atoms with Crippen LogP contribution in [0.25, 0.3) is 0 Å². The molecule has 1 atom stereocenters. The molecular formula is C13H18BrClO. The van der Waals surface area contributed by atoms with Crippen molar-refractivity contribution < 1.29 is 4.74 Å². The van der Waals surface area contributed by atoms with Crippen LogP contribution in [0, 0.1) is 5.92 Å². The van der Waals surface area contributed by atoms with Gasteiger partial charge in [0.2, 0.25) is 0 Å². The first-order chi connectivity index (χ1) is 7.56. The number of ether oxygens (including phenoxy) is 1. The van der Waals surface area contributed by atoms with E-state index in [2.05, 4.69) is 36.7 Å². The summed E-state index contributed by atoms with van der Waals surface area (Å²) in [5.41, 5.74) is 1.13. The summed E-state index contributed by atoms with van der Waals surface area (Å²) in [5.74, 6) is 1.31. The van der Waals surface area contributed by atoms with Crippen LogP contribution in [0.3, 0.4) is 0 Å². The molecule has 0 saturated carbocycles. The summed E-state index contributed by atoms with van der Waals surface area (Å²) >= 11 is 9.82. The minimum atomic E-state index is 0.0523. The summed E-state index contributed by atoms with van der Waals surface area (Å²) < 4.78 is 6.57. The zero-order valence-corrected chi connectivity index (χ0v) is 12.3. The topological polar surface area (TPSA) is 9.23 Å². The maximum Gasteiger partial charge on any atom is 0.133 e. The highest BCUT2D eigenvalue weighted by atomic mass is 79.9. The third-order valence-electron chi connectivity index (χ3n) is 2.32. The number of halogens is 2. The second kappa shape index (κ2) is 6.51. The number of alkyl halides is 1. The second-order valence-corrected chi connectivity index (χ2v) is 5.51. The smallest absolute Gasteiger partial charge is 0.133 e. The summed E-state index contributed by atoms with van der Waals surface area (Å²) in [7, 11) is 0. The quantitative estimate of drug-likeness (QED) is 0.682. The lowest BCUT2D eigenvalue weighted by atomic mass is 10.0. The minimum Gasteiger partial charge on any atom is -0.492 e. The van der Waals surface area contributed by atoms with Gasteiger partial charge in [-0.3, -0.25) is 0 Å². The molecule has 0 aromatic heterocycles. The van der Waals surface area contributed by atoms with Crippen molar-refractivity contribution in [2.24, 2.45) is 5.92 Å². The lowest BCUT2D eigenvalue weighted by Gasteiger charge is -2.15. The average molecular weight is 306 g/mol. The van der Waals surface area contributed by atoms with Crippen LogP contribution in [0.1, 0.15) is 38.1 Å². The van der Waals surface area contributed by atoms with E-state index in [4.69, 9.17) is 16.3 Å². The SMILES string of the molecule is CCCOc1ccc(C(Cl)C(C)C)cc1Br. The van der Waals surface area contributed by atoms with Crippen molar-refractivity contribution in [3.8, 4) is 5.75 Å². The van der Waals surface area contributed by atoms with Crippen LogP contribution < -0.4 is 4.74 Å². The molecule has 0 bridgehead atoms. The van der Waals surface area contributed by atoms with E-state index >= 15 is 0 Å². The van der Waals surface area contributed by atoms with E-state index in [-0.39, 0.29) is 5.38 Å². The second-order valence-electron chi connectivity index (χ2n) is 4.18. The molecule has 0 aliphatic carbocycles. The summed E-state index contributed by atoms with van der Waals surface area (Å²) in [6.07, 6.45) is 1.01. The van der Waals surface area contributed by atoms with Gasteiger partial charge in [0.25, 0.3) is 0 Å². The van der Waals surface area contributed by atoms with Crippen LogP contribution in [0.15, 0.2) is 22.7 Å². The van der Waals surface area contributed by atoms with Gasteiger partial charge in [-0.15, -0.1) is 11.6 Å². The highest BCUT2D eigenvalue weighted by Gasteiger charge is 2.13. The Kier molecular flexibility index (Phi) is 5.63. The van der Waals surface area contributed by atoms with E-state index in [1.165, 1.54) is 0 Å². The van der Waals surface area contributed by atoms with Crippen LogP contribution in [0.4, 0.5) is 0 Å². The minimum absolute atomic E-state index is 0.0523. The van der Waals surface area contributed by atoms with Gasteiger partial charge in [-0.1, -0.05) is 26.8 Å². The fourth-order valence-electron chi connectivity index (χ4n) is 1.40. The van der Waals surface area contributed by atoms with Gasteiger partial charge in [-0.25, -0.2) is 0 Å². The Morgan fingerprint density at radius 1 is 1.38 bits per heavy atom. The first-order valence-corrected chi connectivity index (χ1v) is 6.85. The Bertz CT molecular complexity index is 339. The van der Waals surface area contributed by atoms with Crippen molar-refractivity contribution >= 4 is 27.5 Å². The molecule has 1 unspecified atom stereocenters. The molecule has 0 saturated heterocycles. The first-order valence-electron chi connectivity index (χ1n) is 5.62. The Morgan fingerprint density at radius 3 is 2.56 bits per heavy atom. The molecule has 90 valence electrons. The fourth-order valence-corrected chi connectivity index (χ4v) is 2.05. The Balaban J connectivity index is 2.82. The molecule has 0 aliphatic rings. The van der Waals surface area contributed by atoms with Gasteiger partial charge < -0.3 is 4.74 Å². The van der Waals surface area contributed by atoms with Gasteiger partial charge in [0.05, 0.1) is 16.5 Å². The molecule has 1 rings (SSSR count). The molecular weight excluding hydrogens is 287 g/mol. The van der Waals surface area contributed by atoms with Crippen molar-refractivity contribution in [3.63, 3.8) is 0 Å². The van der Waals surface area contributed by atoms with Gasteiger partial charge in [0.15, 0.2) is 0 Å². The third-order valence-corrected chi connectivity index (χ3v) is 3.70. The van der Waals surface area contributed by atoms with Gasteiger partial charge in [-0.05, 0) is 46.0 Å². The molecule has 0 aliphatic heterocycles. The molecule has 3 heteroatoms. The summed E-state index contributed by atoms with van der Waals surface area (Å²) in [5, 5.41) is 0.0523. The summed E-state index contributed by atoms with van der Waals surface area (Å²) in [4.78, 5) is 0. The maximum absolute atomic E-state index is 6.31. The number of hydrogen-bond donors (Lipinski definition) is 0. The van der Waals surface area contributed by atoms with E-state index < -0.39 is 0 Å². The van der Waals surface area contributed by atoms with E-state index in [9.17, 15) is 0 Å². The normalized spacial score (nSPS) is 12.9. The van der Waals surface area contributed by atoms with Gasteiger partial charge in [-0.2, -0.15) is 0 Å². The lowest BCUT2D eigenvalue weighted by Crippen LogP contribution is -2.00. The first kappa shape index (κ1) is 13.9. The van der Waals surface area contributed by atoms with Crippen molar-refractivity contribution in [2.75, 3.05) is 6.61 Å². The highest BCUT2D eigenvalue weighted by molar-refractivity contribution is 9.10. The fraction of sp³-hybridized carbons (Fsp3) is 0.538. The molecule has 1 nitrogen and oxygen atoms in total. The summed E-state index contributed by atoms with van der Waals surface area (Å²) in [6, 6.07) is 6.06. The van der Waals surface area contributed by atoms with Gasteiger partial charge >= 0.3 is 0 Å². The molecule has 0 N–H and O–H groups in total. The van der Waals surface area contributed by atoms with Crippen LogP contribution in [-0.4, -0.2) is 6.61 Å². The van der Waals surface area contributed by atoms with Crippen LogP contribution in [0.5, 0.6) is 5.75 Å². The van der Waals surface area contributed by atoms with E-state index in [0.717, 1.165) is 28.8 Å². The van der Waals surface area contributed by atoms with E-state index in [1.807, 2.05) is 18.2 Å². The monoisotopic (exact) mass is 304 g/mol. The molecule has 0 amide bonds. The third kappa shape index (κ3) is 3.67. The van der Waals surface area contributed by atoms with E-state index in [1.54, 1.807) is 0 Å². The van der Waals surface area contributed by atoms with Gasteiger partial charge in [0.1, 0.15) is 5.75 Å². The average Bonchev–Trinajstić information content (AvgIpc) is 2.26. The van der Waals surface area contributed by atoms with E-state index in [0.29, 0.717) is 5.92 Å². The highest BCUT2D eigenvalue weighted by Crippen LogP contribution is 2.34. The molecule has 16 heavy (non-hydrogen) atoms. The number of hydrogen-bond acceptors (Lipinski definition) is 1. The van der Waals surface area contributed by atoms with Crippen molar-refractivity contribution in [1.29, 1.82) is 0 Å². The summed E-state index contributed by atoms with van der Waals surface area (Å²) in [6.45, 7) is 7.07. The standard InChI is InChI=1S/C13H18BrClO/c1-4-7-16-12-6-5-10(8-11(12)14)13(15)9(2)3/h5-6,8-9,13H,4,7H2,1-3H3. The van der Waals surface area contributed by atoms with Gasteiger partial charge in [0, 0.05) is 0 Å². The van der Waals surface area contributed by atoms with Crippen molar-refractivity contribution in [3.05, 3.63) is 28.2 Å². The van der Waals surface area contributed by atoms with Crippen LogP contribution in [0.2, 0.25) is 0 Å². The molecule has 0 heterocycles. The van der Waals surface area contributed by atoms with Crippen LogP contribution >= 0.6 is 27.5 Å². The van der Waals surface area contributed by atoms with Crippen molar-refractivity contribution in [2.45, 2.75) is 32.6 Å². The Hall–Kier alpha value is -0.210. The van der Waals surface area contributed by atoms with Crippen molar-refractivity contribution in [1.82, 2.24) is 0 Å². The predicted molar refractivity (Wildman–Crippen MR) is 73.4 cm³/mol. The number of benzene rings is 1. The molecule has 1 aromatic rings. The molecule has 0 radical (unpaired) electrons. The maximum atomic E-state index is 6.31. The lowest BCUT2D eigenvalue weighted by molar-refractivity contribution is 0.315. The molecule has 0 spiro atoms.